The largest absolute Gasteiger partial charge is 0.294 e. The van der Waals surface area contributed by atoms with E-state index >= 15 is 0 Å². The van der Waals surface area contributed by atoms with E-state index in [9.17, 15) is 26.7 Å². The second kappa shape index (κ2) is 5.46. The molecule has 0 aliphatic heterocycles. The van der Waals surface area contributed by atoms with Gasteiger partial charge in [0.25, 0.3) is 0 Å². The number of carbonyl (C=O) groups is 1. The molecule has 0 spiro atoms. The Morgan fingerprint density at radius 2 is 1.28 bits per heavy atom. The van der Waals surface area contributed by atoms with Gasteiger partial charge >= 0.3 is 0 Å². The van der Waals surface area contributed by atoms with Gasteiger partial charge in [-0.1, -0.05) is 13.8 Å². The molecule has 0 fully saturated rings. The summed E-state index contributed by atoms with van der Waals surface area (Å²) < 4.78 is 64.9. The molecule has 0 unspecified atom stereocenters. The number of carbonyl (C=O) groups excluding carboxylic acids is 1. The highest BCUT2D eigenvalue weighted by Crippen LogP contribution is 2.24. The lowest BCUT2D eigenvalue weighted by Gasteiger charge is -2.08. The molecular formula is C12H11F5O. The van der Waals surface area contributed by atoms with E-state index in [0.717, 1.165) is 0 Å². The lowest BCUT2D eigenvalue weighted by Crippen LogP contribution is -2.13. The normalized spacial score (nSPS) is 11.1. The Bertz CT molecular complexity index is 453. The van der Waals surface area contributed by atoms with Crippen molar-refractivity contribution in [3.63, 3.8) is 0 Å². The molecule has 0 radical (unpaired) electrons. The van der Waals surface area contributed by atoms with Crippen molar-refractivity contribution in [1.82, 2.24) is 0 Å². The fourth-order valence-corrected chi connectivity index (χ4v) is 1.39. The highest BCUT2D eigenvalue weighted by Gasteiger charge is 2.29. The van der Waals surface area contributed by atoms with Crippen molar-refractivity contribution in [3.8, 4) is 0 Å². The summed E-state index contributed by atoms with van der Waals surface area (Å²) >= 11 is 0. The van der Waals surface area contributed by atoms with Crippen LogP contribution >= 0.6 is 0 Å². The van der Waals surface area contributed by atoms with Gasteiger partial charge in [-0.2, -0.15) is 0 Å². The van der Waals surface area contributed by atoms with Gasteiger partial charge in [-0.15, -0.1) is 0 Å². The Morgan fingerprint density at radius 1 is 0.889 bits per heavy atom. The number of ketones is 1. The van der Waals surface area contributed by atoms with Gasteiger partial charge in [0.2, 0.25) is 5.82 Å². The van der Waals surface area contributed by atoms with Crippen molar-refractivity contribution in [3.05, 3.63) is 34.6 Å². The van der Waals surface area contributed by atoms with Crippen LogP contribution in [0.15, 0.2) is 0 Å². The van der Waals surface area contributed by atoms with E-state index in [-0.39, 0.29) is 12.3 Å². The SMILES string of the molecule is CC(C)CCC(=O)c1c(F)c(F)c(F)c(F)c1F. The first-order chi connectivity index (χ1) is 8.27. The van der Waals surface area contributed by atoms with Gasteiger partial charge in [-0.25, -0.2) is 22.0 Å². The standard InChI is InChI=1S/C12H11F5O/c1-5(2)3-4-6(18)7-8(13)10(15)12(17)11(16)9(7)14/h5H,3-4H2,1-2H3. The predicted molar refractivity (Wildman–Crippen MR) is 54.6 cm³/mol. The number of hydrogen-bond donors (Lipinski definition) is 0. The maximum atomic E-state index is 13.2. The first kappa shape index (κ1) is 14.6. The molecule has 1 rings (SSSR count). The Hall–Kier alpha value is -1.46. The minimum Gasteiger partial charge on any atom is -0.294 e. The van der Waals surface area contributed by atoms with E-state index in [1.165, 1.54) is 0 Å². The summed E-state index contributed by atoms with van der Waals surface area (Å²) in [5.74, 6) is -11.6. The molecule has 0 amide bonds. The van der Waals surface area contributed by atoms with Crippen LogP contribution in [-0.2, 0) is 0 Å². The van der Waals surface area contributed by atoms with E-state index in [4.69, 9.17) is 0 Å². The van der Waals surface area contributed by atoms with Crippen molar-refractivity contribution in [2.75, 3.05) is 0 Å². The zero-order valence-electron chi connectivity index (χ0n) is 9.79. The minimum atomic E-state index is -2.26. The van der Waals surface area contributed by atoms with Gasteiger partial charge < -0.3 is 0 Å². The molecule has 18 heavy (non-hydrogen) atoms. The lowest BCUT2D eigenvalue weighted by atomic mass is 10.00. The topological polar surface area (TPSA) is 17.1 Å². The number of Topliss-reactive ketones (excluding diaryl/α,β-unsaturated/α-hetero) is 1. The zero-order chi connectivity index (χ0) is 14.0. The fourth-order valence-electron chi connectivity index (χ4n) is 1.39. The highest BCUT2D eigenvalue weighted by atomic mass is 19.2. The third kappa shape index (κ3) is 2.68. The van der Waals surface area contributed by atoms with E-state index < -0.39 is 40.4 Å². The maximum absolute atomic E-state index is 13.2. The summed E-state index contributed by atoms with van der Waals surface area (Å²) in [6.45, 7) is 3.54. The van der Waals surface area contributed by atoms with Gasteiger partial charge in [-0.3, -0.25) is 4.79 Å². The van der Waals surface area contributed by atoms with Crippen LogP contribution in [-0.4, -0.2) is 5.78 Å². The van der Waals surface area contributed by atoms with Crippen molar-refractivity contribution in [1.29, 1.82) is 0 Å². The Kier molecular flexibility index (Phi) is 4.43. The molecule has 0 heterocycles. The molecule has 0 aliphatic carbocycles. The monoisotopic (exact) mass is 266 g/mol. The van der Waals surface area contributed by atoms with Crippen LogP contribution in [0, 0.1) is 35.0 Å². The van der Waals surface area contributed by atoms with E-state index in [2.05, 4.69) is 0 Å². The Balaban J connectivity index is 3.21. The van der Waals surface area contributed by atoms with Gasteiger partial charge in [0.1, 0.15) is 0 Å². The molecule has 0 aromatic heterocycles. The van der Waals surface area contributed by atoms with Gasteiger partial charge in [0, 0.05) is 6.42 Å². The third-order valence-corrected chi connectivity index (χ3v) is 2.44. The Morgan fingerprint density at radius 3 is 1.67 bits per heavy atom. The first-order valence-electron chi connectivity index (χ1n) is 5.32. The summed E-state index contributed by atoms with van der Waals surface area (Å²) in [5.41, 5.74) is -1.35. The van der Waals surface area contributed by atoms with E-state index in [1.54, 1.807) is 13.8 Å². The van der Waals surface area contributed by atoms with Crippen LogP contribution in [0.3, 0.4) is 0 Å². The van der Waals surface area contributed by atoms with E-state index in [1.807, 2.05) is 0 Å². The average molecular weight is 266 g/mol. The summed E-state index contributed by atoms with van der Waals surface area (Å²) in [7, 11) is 0. The van der Waals surface area contributed by atoms with Crippen LogP contribution < -0.4 is 0 Å². The average Bonchev–Trinajstić information content (AvgIpc) is 2.31. The van der Waals surface area contributed by atoms with Crippen LogP contribution in [0.1, 0.15) is 37.0 Å². The molecule has 100 valence electrons. The maximum Gasteiger partial charge on any atom is 0.200 e. The third-order valence-electron chi connectivity index (χ3n) is 2.44. The Labute approximate surface area is 101 Å². The van der Waals surface area contributed by atoms with Crippen LogP contribution in [0.25, 0.3) is 0 Å². The highest BCUT2D eigenvalue weighted by molar-refractivity contribution is 5.96. The van der Waals surface area contributed by atoms with Crippen LogP contribution in [0.2, 0.25) is 0 Å². The van der Waals surface area contributed by atoms with E-state index in [0.29, 0.717) is 6.42 Å². The number of halogens is 5. The van der Waals surface area contributed by atoms with Crippen LogP contribution in [0.4, 0.5) is 22.0 Å². The second-order valence-electron chi connectivity index (χ2n) is 4.30. The molecule has 0 atom stereocenters. The number of benzene rings is 1. The summed E-state index contributed by atoms with van der Waals surface area (Å²) in [4.78, 5) is 11.5. The quantitative estimate of drug-likeness (QED) is 0.348. The predicted octanol–water partition coefficient (Wildman–Crippen LogP) is 4.00. The molecule has 0 aliphatic rings. The summed E-state index contributed by atoms with van der Waals surface area (Å²) in [6.07, 6.45) is 0.0361. The van der Waals surface area contributed by atoms with Crippen molar-refractivity contribution in [2.45, 2.75) is 26.7 Å². The molecule has 1 nitrogen and oxygen atoms in total. The molecule has 6 heteroatoms. The lowest BCUT2D eigenvalue weighted by molar-refractivity contribution is 0.0964. The van der Waals surface area contributed by atoms with Crippen LogP contribution in [0.5, 0.6) is 0 Å². The second-order valence-corrected chi connectivity index (χ2v) is 4.30. The molecule has 1 aromatic carbocycles. The van der Waals surface area contributed by atoms with Gasteiger partial charge in [0.15, 0.2) is 29.1 Å². The van der Waals surface area contributed by atoms with Crippen molar-refractivity contribution >= 4 is 5.78 Å². The van der Waals surface area contributed by atoms with Crippen molar-refractivity contribution < 1.29 is 26.7 Å². The molecule has 0 saturated heterocycles. The van der Waals surface area contributed by atoms with Crippen molar-refractivity contribution in [2.24, 2.45) is 5.92 Å². The van der Waals surface area contributed by atoms with Gasteiger partial charge in [0.05, 0.1) is 5.56 Å². The zero-order valence-corrected chi connectivity index (χ0v) is 9.79. The molecule has 1 aromatic rings. The fraction of sp³-hybridized carbons (Fsp3) is 0.417. The minimum absolute atomic E-state index is 0.0789. The summed E-state index contributed by atoms with van der Waals surface area (Å²) in [6, 6.07) is 0. The molecular weight excluding hydrogens is 255 g/mol. The summed E-state index contributed by atoms with van der Waals surface area (Å²) in [5, 5.41) is 0. The number of hydrogen-bond acceptors (Lipinski definition) is 1. The smallest absolute Gasteiger partial charge is 0.200 e. The number of rotatable bonds is 4. The molecule has 0 saturated carbocycles. The molecule has 0 N–H and O–H groups in total. The molecule has 0 bridgehead atoms. The first-order valence-corrected chi connectivity index (χ1v) is 5.32. The van der Waals surface area contributed by atoms with Gasteiger partial charge in [-0.05, 0) is 12.3 Å².